The second kappa shape index (κ2) is 6.65. The lowest BCUT2D eigenvalue weighted by atomic mass is 10.1. The van der Waals surface area contributed by atoms with Gasteiger partial charge in [0, 0.05) is 24.5 Å². The van der Waals surface area contributed by atoms with E-state index in [9.17, 15) is 9.59 Å². The van der Waals surface area contributed by atoms with Gasteiger partial charge in [0.15, 0.2) is 0 Å². The number of carboxylic acids is 1. The number of rotatable bonds is 4. The lowest BCUT2D eigenvalue weighted by Gasteiger charge is -2.24. The van der Waals surface area contributed by atoms with Crippen LogP contribution in [0, 0.1) is 0 Å². The first-order valence-corrected chi connectivity index (χ1v) is 7.64. The van der Waals surface area contributed by atoms with Crippen molar-refractivity contribution < 1.29 is 14.7 Å². The predicted octanol–water partition coefficient (Wildman–Crippen LogP) is 2.28. The Labute approximate surface area is 122 Å². The van der Waals surface area contributed by atoms with Crippen LogP contribution in [0.4, 0.5) is 10.5 Å². The largest absolute Gasteiger partial charge is 0.481 e. The Morgan fingerprint density at radius 2 is 2.20 bits per heavy atom. The Balaban J connectivity index is 2.05. The van der Waals surface area contributed by atoms with Gasteiger partial charge in [-0.15, -0.1) is 0 Å². The molecule has 2 amide bonds. The molecule has 1 heterocycles. The van der Waals surface area contributed by atoms with Crippen molar-refractivity contribution in [2.75, 3.05) is 23.9 Å². The van der Waals surface area contributed by atoms with Crippen molar-refractivity contribution in [1.29, 1.82) is 0 Å². The van der Waals surface area contributed by atoms with Crippen molar-refractivity contribution in [3.05, 3.63) is 29.8 Å². The molecule has 1 unspecified atom stereocenters. The Morgan fingerprint density at radius 1 is 1.45 bits per heavy atom. The minimum atomic E-state index is -0.910. The van der Waals surface area contributed by atoms with Crippen LogP contribution in [0.1, 0.15) is 12.0 Å². The summed E-state index contributed by atoms with van der Waals surface area (Å²) in [6.45, 7) is 0. The minimum absolute atomic E-state index is 0.0978. The molecule has 1 aromatic rings. The lowest BCUT2D eigenvalue weighted by Crippen LogP contribution is -2.40. The molecule has 0 bridgehead atoms. The zero-order chi connectivity index (χ0) is 14.5. The van der Waals surface area contributed by atoms with Gasteiger partial charge < -0.3 is 15.3 Å². The number of thioether (sulfide) groups is 1. The molecule has 0 spiro atoms. The fourth-order valence-electron chi connectivity index (χ4n) is 2.16. The van der Waals surface area contributed by atoms with Gasteiger partial charge in [-0.3, -0.25) is 4.79 Å². The Morgan fingerprint density at radius 3 is 2.85 bits per heavy atom. The number of nitrogens with one attached hydrogen (secondary N) is 1. The summed E-state index contributed by atoms with van der Waals surface area (Å²) < 4.78 is 0. The zero-order valence-corrected chi connectivity index (χ0v) is 12.2. The third kappa shape index (κ3) is 3.66. The van der Waals surface area contributed by atoms with Crippen molar-refractivity contribution in [3.63, 3.8) is 0 Å². The van der Waals surface area contributed by atoms with Crippen molar-refractivity contribution in [3.8, 4) is 0 Å². The van der Waals surface area contributed by atoms with Gasteiger partial charge in [-0.2, -0.15) is 11.8 Å². The van der Waals surface area contributed by atoms with Crippen LogP contribution in [0.15, 0.2) is 24.3 Å². The molecule has 1 aliphatic heterocycles. The summed E-state index contributed by atoms with van der Waals surface area (Å²) >= 11 is 1.85. The lowest BCUT2D eigenvalue weighted by molar-refractivity contribution is -0.136. The van der Waals surface area contributed by atoms with E-state index in [0.29, 0.717) is 11.3 Å². The average molecular weight is 294 g/mol. The van der Waals surface area contributed by atoms with Crippen LogP contribution in [0.3, 0.4) is 0 Å². The van der Waals surface area contributed by atoms with Crippen LogP contribution in [0.25, 0.3) is 0 Å². The van der Waals surface area contributed by atoms with Gasteiger partial charge in [-0.1, -0.05) is 18.2 Å². The maximum absolute atomic E-state index is 12.2. The molecule has 0 aromatic heterocycles. The van der Waals surface area contributed by atoms with Gasteiger partial charge in [0.2, 0.25) is 0 Å². The van der Waals surface area contributed by atoms with Crippen LogP contribution in [0.5, 0.6) is 0 Å². The van der Waals surface area contributed by atoms with E-state index in [4.69, 9.17) is 5.11 Å². The molecule has 1 saturated heterocycles. The van der Waals surface area contributed by atoms with Crippen molar-refractivity contribution >= 4 is 29.4 Å². The highest BCUT2D eigenvalue weighted by molar-refractivity contribution is 7.99. The smallest absolute Gasteiger partial charge is 0.321 e. The molecule has 0 aliphatic carbocycles. The molecule has 20 heavy (non-hydrogen) atoms. The molecular weight excluding hydrogens is 276 g/mol. The summed E-state index contributed by atoms with van der Waals surface area (Å²) in [6, 6.07) is 7.07. The molecule has 2 N–H and O–H groups in total. The maximum atomic E-state index is 12.2. The number of anilines is 1. The van der Waals surface area contributed by atoms with Crippen LogP contribution < -0.4 is 5.32 Å². The molecule has 1 aliphatic rings. The number of benzene rings is 1. The summed E-state index contributed by atoms with van der Waals surface area (Å²) in [5.74, 6) is 1.13. The molecule has 1 fully saturated rings. The first-order chi connectivity index (χ1) is 9.58. The molecule has 6 heteroatoms. The number of amides is 2. The van der Waals surface area contributed by atoms with Gasteiger partial charge in [0.25, 0.3) is 0 Å². The summed E-state index contributed by atoms with van der Waals surface area (Å²) in [7, 11) is 1.78. The number of hydrogen-bond acceptors (Lipinski definition) is 3. The number of nitrogens with zero attached hydrogens (tertiary/aromatic N) is 1. The number of para-hydroxylation sites is 1. The Kier molecular flexibility index (Phi) is 4.89. The third-order valence-electron chi connectivity index (χ3n) is 3.37. The molecule has 1 atom stereocenters. The van der Waals surface area contributed by atoms with Crippen molar-refractivity contribution in [2.24, 2.45) is 0 Å². The number of carboxylic acid groups (broad SMARTS) is 1. The van der Waals surface area contributed by atoms with E-state index >= 15 is 0 Å². The van der Waals surface area contributed by atoms with Crippen molar-refractivity contribution in [1.82, 2.24) is 4.90 Å². The number of carbonyl (C=O) groups excluding carboxylic acids is 1. The van der Waals surface area contributed by atoms with E-state index in [1.807, 2.05) is 11.8 Å². The highest BCUT2D eigenvalue weighted by Gasteiger charge is 2.24. The minimum Gasteiger partial charge on any atom is -0.481 e. The monoisotopic (exact) mass is 294 g/mol. The first kappa shape index (κ1) is 14.7. The average Bonchev–Trinajstić information content (AvgIpc) is 2.93. The standard InChI is InChI=1S/C14H18N2O3S/c1-16(11-6-7-20-9-11)14(19)15-12-5-3-2-4-10(12)8-13(17)18/h2-5,11H,6-9H2,1H3,(H,15,19)(H,17,18). The zero-order valence-electron chi connectivity index (χ0n) is 11.3. The topological polar surface area (TPSA) is 69.6 Å². The van der Waals surface area contributed by atoms with Gasteiger partial charge >= 0.3 is 12.0 Å². The van der Waals surface area contributed by atoms with E-state index in [1.54, 1.807) is 36.2 Å². The van der Waals surface area contributed by atoms with E-state index < -0.39 is 5.97 Å². The number of urea groups is 1. The Bertz CT molecular complexity index is 501. The summed E-state index contributed by atoms with van der Waals surface area (Å²) in [5.41, 5.74) is 1.18. The van der Waals surface area contributed by atoms with E-state index in [2.05, 4.69) is 5.32 Å². The quantitative estimate of drug-likeness (QED) is 0.894. The molecule has 0 radical (unpaired) electrons. The normalized spacial score (nSPS) is 17.8. The van der Waals surface area contributed by atoms with E-state index in [-0.39, 0.29) is 18.5 Å². The van der Waals surface area contributed by atoms with Crippen LogP contribution in [-0.2, 0) is 11.2 Å². The molecule has 2 rings (SSSR count). The summed E-state index contributed by atoms with van der Waals surface area (Å²) in [5, 5.41) is 11.7. The number of carbonyl (C=O) groups is 2. The second-order valence-electron chi connectivity index (χ2n) is 4.79. The maximum Gasteiger partial charge on any atom is 0.321 e. The van der Waals surface area contributed by atoms with Gasteiger partial charge in [0.1, 0.15) is 0 Å². The first-order valence-electron chi connectivity index (χ1n) is 6.49. The van der Waals surface area contributed by atoms with Gasteiger partial charge in [-0.05, 0) is 23.8 Å². The van der Waals surface area contributed by atoms with Crippen LogP contribution in [-0.4, -0.2) is 46.6 Å². The second-order valence-corrected chi connectivity index (χ2v) is 5.94. The number of aliphatic carboxylic acids is 1. The van der Waals surface area contributed by atoms with Gasteiger partial charge in [0.05, 0.1) is 6.42 Å². The SMILES string of the molecule is CN(C(=O)Nc1ccccc1CC(=O)O)C1CCSC1. The summed E-state index contributed by atoms with van der Waals surface area (Å²) in [6.07, 6.45) is 0.908. The molecule has 1 aromatic carbocycles. The fraction of sp³-hybridized carbons (Fsp3) is 0.429. The molecule has 5 nitrogen and oxygen atoms in total. The third-order valence-corrected chi connectivity index (χ3v) is 4.52. The van der Waals surface area contributed by atoms with Gasteiger partial charge in [-0.25, -0.2) is 4.79 Å². The van der Waals surface area contributed by atoms with Crippen LogP contribution >= 0.6 is 11.8 Å². The molecule has 108 valence electrons. The van der Waals surface area contributed by atoms with Crippen molar-refractivity contribution in [2.45, 2.75) is 18.9 Å². The fourth-order valence-corrected chi connectivity index (χ4v) is 3.42. The number of hydrogen-bond donors (Lipinski definition) is 2. The molecular formula is C14H18N2O3S. The highest BCUT2D eigenvalue weighted by Crippen LogP contribution is 2.22. The van der Waals surface area contributed by atoms with E-state index in [0.717, 1.165) is 17.9 Å². The van der Waals surface area contributed by atoms with Crippen LogP contribution in [0.2, 0.25) is 0 Å². The highest BCUT2D eigenvalue weighted by atomic mass is 32.2. The van der Waals surface area contributed by atoms with E-state index in [1.165, 1.54) is 0 Å². The Hall–Kier alpha value is -1.69. The summed E-state index contributed by atoms with van der Waals surface area (Å²) in [4.78, 5) is 24.7. The molecule has 0 saturated carbocycles. The predicted molar refractivity (Wildman–Crippen MR) is 80.3 cm³/mol.